The smallest absolute Gasteiger partial charge is 0.252 e. The molecule has 0 radical (unpaired) electrons. The number of fused-ring (bicyclic) bond motifs is 1. The maximum atomic E-state index is 13.6. The lowest BCUT2D eigenvalue weighted by atomic mass is 9.98. The lowest BCUT2D eigenvalue weighted by Crippen LogP contribution is -2.37. The van der Waals surface area contributed by atoms with Crippen molar-refractivity contribution in [3.05, 3.63) is 87.2 Å². The van der Waals surface area contributed by atoms with E-state index in [0.717, 1.165) is 28.7 Å². The molecule has 1 N–H and O–H groups in total. The Hall–Kier alpha value is -3.39. The zero-order valence-electron chi connectivity index (χ0n) is 21.9. The third-order valence-electron chi connectivity index (χ3n) is 6.48. The van der Waals surface area contributed by atoms with Gasteiger partial charge < -0.3 is 4.98 Å². The van der Waals surface area contributed by atoms with Gasteiger partial charge in [0.2, 0.25) is 0 Å². The van der Waals surface area contributed by atoms with Gasteiger partial charge in [0.25, 0.3) is 5.56 Å². The number of tetrazole rings is 1. The van der Waals surface area contributed by atoms with Gasteiger partial charge in [-0.1, -0.05) is 39.0 Å². The highest BCUT2D eigenvalue weighted by Crippen LogP contribution is 2.32. The van der Waals surface area contributed by atoms with Gasteiger partial charge in [0.05, 0.1) is 11.6 Å². The van der Waals surface area contributed by atoms with Crippen LogP contribution < -0.4 is 5.56 Å². The van der Waals surface area contributed by atoms with Gasteiger partial charge in [0, 0.05) is 24.2 Å². The van der Waals surface area contributed by atoms with E-state index in [1.54, 1.807) is 12.1 Å². The van der Waals surface area contributed by atoms with Crippen molar-refractivity contribution in [3.8, 4) is 0 Å². The molecule has 0 aliphatic heterocycles. The highest BCUT2D eigenvalue weighted by molar-refractivity contribution is 5.79. The van der Waals surface area contributed by atoms with Crippen LogP contribution >= 0.6 is 0 Å². The minimum atomic E-state index is -0.315. The molecule has 4 aromatic rings. The summed E-state index contributed by atoms with van der Waals surface area (Å²) in [6.07, 6.45) is 0.923. The summed E-state index contributed by atoms with van der Waals surface area (Å²) < 4.78 is 15.5. The van der Waals surface area contributed by atoms with E-state index in [2.05, 4.69) is 73.0 Å². The first-order valence-electron chi connectivity index (χ1n) is 12.5. The number of H-pyrrole nitrogens is 1. The molecule has 0 aliphatic carbocycles. The predicted molar refractivity (Wildman–Crippen MR) is 140 cm³/mol. The molecule has 0 saturated carbocycles. The number of rotatable bonds is 8. The minimum absolute atomic E-state index is 0.117. The third kappa shape index (κ3) is 5.54. The van der Waals surface area contributed by atoms with Gasteiger partial charge >= 0.3 is 0 Å². The van der Waals surface area contributed by atoms with E-state index in [4.69, 9.17) is 0 Å². The normalized spacial score (nSPS) is 13.1. The molecular formula is C28H35FN6O. The fourth-order valence-corrected chi connectivity index (χ4v) is 4.67. The van der Waals surface area contributed by atoms with Crippen LogP contribution in [0.3, 0.4) is 0 Å². The lowest BCUT2D eigenvalue weighted by Gasteiger charge is -2.35. The Balaban J connectivity index is 1.81. The van der Waals surface area contributed by atoms with Crippen molar-refractivity contribution in [2.45, 2.75) is 72.6 Å². The molecule has 8 heteroatoms. The summed E-state index contributed by atoms with van der Waals surface area (Å²) >= 11 is 0. The van der Waals surface area contributed by atoms with Crippen LogP contribution in [-0.4, -0.2) is 30.1 Å². The van der Waals surface area contributed by atoms with Crippen LogP contribution in [0.5, 0.6) is 0 Å². The van der Waals surface area contributed by atoms with Crippen molar-refractivity contribution < 1.29 is 4.39 Å². The Morgan fingerprint density at radius 2 is 1.72 bits per heavy atom. The van der Waals surface area contributed by atoms with Crippen molar-refractivity contribution in [2.75, 3.05) is 0 Å². The van der Waals surface area contributed by atoms with Crippen LogP contribution in [-0.2, 0) is 25.0 Å². The molecule has 0 aliphatic rings. The van der Waals surface area contributed by atoms with Crippen LogP contribution in [0.25, 0.3) is 10.9 Å². The van der Waals surface area contributed by atoms with E-state index in [-0.39, 0.29) is 28.9 Å². The number of halogens is 1. The number of pyridine rings is 1. The molecule has 2 aromatic heterocycles. The van der Waals surface area contributed by atoms with Crippen LogP contribution in [0.4, 0.5) is 4.39 Å². The summed E-state index contributed by atoms with van der Waals surface area (Å²) in [5.41, 5.74) is 3.22. The number of nitrogens with one attached hydrogen (secondary N) is 1. The Kier molecular flexibility index (Phi) is 7.36. The number of aromatic amines is 1. The van der Waals surface area contributed by atoms with Crippen molar-refractivity contribution in [1.82, 2.24) is 30.1 Å². The van der Waals surface area contributed by atoms with Gasteiger partial charge in [0.15, 0.2) is 5.82 Å². The average molecular weight is 491 g/mol. The number of aromatic nitrogens is 5. The number of aryl methyl sites for hydroxylation is 1. The van der Waals surface area contributed by atoms with Crippen LogP contribution in [0.1, 0.15) is 70.1 Å². The van der Waals surface area contributed by atoms with E-state index in [0.29, 0.717) is 18.7 Å². The first-order chi connectivity index (χ1) is 17.1. The van der Waals surface area contributed by atoms with Gasteiger partial charge in [0.1, 0.15) is 5.82 Å². The first kappa shape index (κ1) is 25.7. The monoisotopic (exact) mass is 490 g/mol. The summed E-state index contributed by atoms with van der Waals surface area (Å²) in [7, 11) is 0. The summed E-state index contributed by atoms with van der Waals surface area (Å²) in [6.45, 7) is 13.5. The highest BCUT2D eigenvalue weighted by Gasteiger charge is 2.33. The van der Waals surface area contributed by atoms with Gasteiger partial charge in [-0.25, -0.2) is 9.07 Å². The zero-order chi connectivity index (χ0) is 26.0. The van der Waals surface area contributed by atoms with Crippen molar-refractivity contribution in [2.24, 2.45) is 5.92 Å². The van der Waals surface area contributed by atoms with Crippen LogP contribution in [0, 0.1) is 11.7 Å². The predicted octanol–water partition coefficient (Wildman–Crippen LogP) is 5.37. The molecule has 0 spiro atoms. The summed E-state index contributed by atoms with van der Waals surface area (Å²) in [5, 5.41) is 13.7. The topological polar surface area (TPSA) is 79.7 Å². The summed E-state index contributed by atoms with van der Waals surface area (Å²) in [4.78, 5) is 18.4. The van der Waals surface area contributed by atoms with Gasteiger partial charge in [-0.3, -0.25) is 9.69 Å². The fraction of sp³-hybridized carbons (Fsp3) is 0.429. The van der Waals surface area contributed by atoms with Gasteiger partial charge in [-0.15, -0.1) is 5.10 Å². The number of benzene rings is 2. The lowest BCUT2D eigenvalue weighted by molar-refractivity contribution is 0.119. The fourth-order valence-electron chi connectivity index (χ4n) is 4.67. The third-order valence-corrected chi connectivity index (χ3v) is 6.48. The second-order valence-corrected chi connectivity index (χ2v) is 10.7. The quantitative estimate of drug-likeness (QED) is 0.359. The van der Waals surface area contributed by atoms with Crippen LogP contribution in [0.15, 0.2) is 53.3 Å². The molecule has 36 heavy (non-hydrogen) atoms. The molecule has 1 atom stereocenters. The van der Waals surface area contributed by atoms with Crippen LogP contribution in [0.2, 0.25) is 0 Å². The van der Waals surface area contributed by atoms with Gasteiger partial charge in [-0.2, -0.15) is 0 Å². The molecule has 0 unspecified atom stereocenters. The average Bonchev–Trinajstić information content (AvgIpc) is 3.30. The largest absolute Gasteiger partial charge is 0.322 e. The van der Waals surface area contributed by atoms with Gasteiger partial charge in [-0.05, 0) is 90.4 Å². The molecule has 2 heterocycles. The second kappa shape index (κ2) is 10.3. The molecule has 7 nitrogen and oxygen atoms in total. The standard InChI is InChI=1S/C28H35FN6O/c1-7-19-10-13-24-21(14-19)15-22(27(36)30-24)17-34(16-20-8-11-23(29)12-9-20)25(18(2)3)26-31-32-33-35(26)28(4,5)6/h8-15,18,25H,7,16-17H2,1-6H3,(H,30,36)/t25-/m1/s1. The maximum Gasteiger partial charge on any atom is 0.252 e. The number of hydrogen-bond donors (Lipinski definition) is 1. The minimum Gasteiger partial charge on any atom is -0.322 e. The Morgan fingerprint density at radius 3 is 2.36 bits per heavy atom. The molecular weight excluding hydrogens is 455 g/mol. The molecule has 0 saturated heterocycles. The maximum absolute atomic E-state index is 13.6. The van der Waals surface area contributed by atoms with Crippen molar-refractivity contribution in [3.63, 3.8) is 0 Å². The molecule has 0 fully saturated rings. The van der Waals surface area contributed by atoms with E-state index in [9.17, 15) is 9.18 Å². The molecule has 4 rings (SSSR count). The summed E-state index contributed by atoms with van der Waals surface area (Å²) in [5.74, 6) is 0.606. The molecule has 0 bridgehead atoms. The Bertz CT molecular complexity index is 1380. The molecule has 190 valence electrons. The van der Waals surface area contributed by atoms with E-state index in [1.165, 1.54) is 17.7 Å². The van der Waals surface area contributed by atoms with E-state index < -0.39 is 0 Å². The number of hydrogen-bond acceptors (Lipinski definition) is 5. The van der Waals surface area contributed by atoms with E-state index >= 15 is 0 Å². The Labute approximate surface area is 211 Å². The molecule has 2 aromatic carbocycles. The summed E-state index contributed by atoms with van der Waals surface area (Å²) in [6, 6.07) is 14.4. The molecule has 0 amide bonds. The Morgan fingerprint density at radius 1 is 1.03 bits per heavy atom. The van der Waals surface area contributed by atoms with E-state index in [1.807, 2.05) is 22.9 Å². The second-order valence-electron chi connectivity index (χ2n) is 10.7. The zero-order valence-corrected chi connectivity index (χ0v) is 21.9. The van der Waals surface area contributed by atoms with Crippen molar-refractivity contribution in [1.29, 1.82) is 0 Å². The first-order valence-corrected chi connectivity index (χ1v) is 12.5. The highest BCUT2D eigenvalue weighted by atomic mass is 19.1. The van der Waals surface area contributed by atoms with Crippen molar-refractivity contribution >= 4 is 10.9 Å². The number of nitrogens with zero attached hydrogens (tertiary/aromatic N) is 5. The SMILES string of the molecule is CCc1ccc2[nH]c(=O)c(CN(Cc3ccc(F)cc3)[C@@H](c3nnnn3C(C)(C)C)C(C)C)cc2c1.